The van der Waals surface area contributed by atoms with Crippen molar-refractivity contribution in [2.45, 2.75) is 19.8 Å². The average molecular weight is 255 g/mol. The van der Waals surface area contributed by atoms with Gasteiger partial charge in [0.1, 0.15) is 0 Å². The maximum absolute atomic E-state index is 12.4. The van der Waals surface area contributed by atoms with Gasteiger partial charge in [-0.15, -0.1) is 0 Å². The number of hydrogen-bond donors (Lipinski definition) is 0. The van der Waals surface area contributed by atoms with E-state index in [4.69, 9.17) is 0 Å². The summed E-state index contributed by atoms with van der Waals surface area (Å²) in [6, 6.07) is 9.55. The maximum atomic E-state index is 12.4. The Balaban J connectivity index is 1.87. The Kier molecular flexibility index (Phi) is 3.07. The monoisotopic (exact) mass is 255 g/mol. The van der Waals surface area contributed by atoms with Crippen molar-refractivity contribution in [3.05, 3.63) is 42.1 Å². The number of carbonyl (C=O) groups is 1. The Morgan fingerprint density at radius 2 is 1.84 bits per heavy atom. The van der Waals surface area contributed by atoms with Crippen LogP contribution in [0.5, 0.6) is 0 Å². The number of hydrazone groups is 1. The molecule has 0 saturated carbocycles. The number of likely N-dealkylation sites (tertiary alicyclic amines) is 1. The van der Waals surface area contributed by atoms with Crippen LogP contribution in [0.25, 0.3) is 0 Å². The van der Waals surface area contributed by atoms with Gasteiger partial charge in [0.15, 0.2) is 0 Å². The van der Waals surface area contributed by atoms with Gasteiger partial charge in [-0.25, -0.2) is 0 Å². The van der Waals surface area contributed by atoms with Gasteiger partial charge in [-0.1, -0.05) is 18.2 Å². The largest absolute Gasteiger partial charge is 0.377 e. The lowest BCUT2D eigenvalue weighted by atomic mass is 10.2. The van der Waals surface area contributed by atoms with E-state index in [9.17, 15) is 4.79 Å². The van der Waals surface area contributed by atoms with Crippen molar-refractivity contribution in [2.24, 2.45) is 5.10 Å². The number of anilines is 1. The fraction of sp³-hybridized carbons (Fsp3) is 0.333. The van der Waals surface area contributed by atoms with E-state index < -0.39 is 0 Å². The molecule has 0 radical (unpaired) electrons. The highest BCUT2D eigenvalue weighted by molar-refractivity contribution is 6.29. The van der Waals surface area contributed by atoms with Crippen molar-refractivity contribution in [2.75, 3.05) is 18.1 Å². The Morgan fingerprint density at radius 1 is 1.16 bits per heavy atom. The molecule has 1 saturated heterocycles. The molecule has 98 valence electrons. The third-order valence-corrected chi connectivity index (χ3v) is 3.52. The standard InChI is InChI=1S/C15H17N3O/c1-12-14(11-17-9-5-6-10-17)15(19)18(16-12)13-7-3-2-4-8-13/h2-4,7-8,11H,5-6,9-10H2,1H3. The van der Waals surface area contributed by atoms with E-state index in [1.165, 1.54) is 17.9 Å². The van der Waals surface area contributed by atoms with Crippen LogP contribution in [0.1, 0.15) is 19.8 Å². The number of amides is 1. The molecule has 1 aromatic rings. The normalized spacial score (nSPS) is 21.4. The highest BCUT2D eigenvalue weighted by Gasteiger charge is 2.29. The van der Waals surface area contributed by atoms with Gasteiger partial charge >= 0.3 is 0 Å². The second kappa shape index (κ2) is 4.88. The Morgan fingerprint density at radius 3 is 2.53 bits per heavy atom. The molecule has 4 heteroatoms. The zero-order valence-electron chi connectivity index (χ0n) is 11.0. The fourth-order valence-corrected chi connectivity index (χ4v) is 2.46. The summed E-state index contributed by atoms with van der Waals surface area (Å²) in [7, 11) is 0. The Hall–Kier alpha value is -2.10. The summed E-state index contributed by atoms with van der Waals surface area (Å²) in [5.41, 5.74) is 2.32. The first-order valence-electron chi connectivity index (χ1n) is 6.66. The van der Waals surface area contributed by atoms with Crippen LogP contribution in [-0.2, 0) is 4.79 Å². The minimum absolute atomic E-state index is 0.0319. The Labute approximate surface area is 113 Å². The van der Waals surface area contributed by atoms with E-state index in [-0.39, 0.29) is 5.91 Å². The minimum atomic E-state index is -0.0319. The number of carbonyl (C=O) groups excluding carboxylic acids is 1. The molecule has 4 nitrogen and oxygen atoms in total. The number of para-hydroxylation sites is 1. The molecule has 1 aromatic carbocycles. The summed E-state index contributed by atoms with van der Waals surface area (Å²) in [6.07, 6.45) is 4.38. The zero-order chi connectivity index (χ0) is 13.2. The first kappa shape index (κ1) is 12.0. The molecule has 0 bridgehead atoms. The third-order valence-electron chi connectivity index (χ3n) is 3.52. The van der Waals surface area contributed by atoms with Crippen LogP contribution in [0.15, 0.2) is 47.2 Å². The number of hydrogen-bond acceptors (Lipinski definition) is 3. The van der Waals surface area contributed by atoms with E-state index in [1.54, 1.807) is 0 Å². The minimum Gasteiger partial charge on any atom is -0.377 e. The maximum Gasteiger partial charge on any atom is 0.282 e. The first-order chi connectivity index (χ1) is 9.25. The molecule has 0 atom stereocenters. The zero-order valence-corrected chi connectivity index (χ0v) is 11.0. The van der Waals surface area contributed by atoms with Crippen molar-refractivity contribution in [1.82, 2.24) is 4.90 Å². The molecule has 1 amide bonds. The van der Waals surface area contributed by atoms with Gasteiger partial charge in [0, 0.05) is 19.3 Å². The molecule has 1 fully saturated rings. The number of nitrogens with zero attached hydrogens (tertiary/aromatic N) is 3. The van der Waals surface area contributed by atoms with Crippen LogP contribution in [-0.4, -0.2) is 29.6 Å². The SMILES string of the molecule is CC1=NN(c2ccccc2)C(=O)C1=CN1CCCC1. The average Bonchev–Trinajstić information content (AvgIpc) is 3.03. The summed E-state index contributed by atoms with van der Waals surface area (Å²) in [5, 5.41) is 5.85. The van der Waals surface area contributed by atoms with Gasteiger partial charge in [-0.2, -0.15) is 10.1 Å². The van der Waals surface area contributed by atoms with Gasteiger partial charge in [0.05, 0.1) is 17.0 Å². The molecular weight excluding hydrogens is 238 g/mol. The summed E-state index contributed by atoms with van der Waals surface area (Å²) in [6.45, 7) is 3.97. The van der Waals surface area contributed by atoms with E-state index in [0.717, 1.165) is 24.5 Å². The molecule has 0 N–H and O–H groups in total. The smallest absolute Gasteiger partial charge is 0.282 e. The molecule has 2 heterocycles. The van der Waals surface area contributed by atoms with Crippen molar-refractivity contribution in [3.63, 3.8) is 0 Å². The summed E-state index contributed by atoms with van der Waals surface area (Å²) in [4.78, 5) is 14.6. The van der Waals surface area contributed by atoms with Crippen LogP contribution in [0.2, 0.25) is 0 Å². The van der Waals surface area contributed by atoms with Crippen LogP contribution >= 0.6 is 0 Å². The molecule has 3 rings (SSSR count). The van der Waals surface area contributed by atoms with Gasteiger partial charge in [-0.05, 0) is 31.9 Å². The molecule has 2 aliphatic heterocycles. The lowest BCUT2D eigenvalue weighted by molar-refractivity contribution is -0.114. The van der Waals surface area contributed by atoms with Crippen molar-refractivity contribution < 1.29 is 4.79 Å². The number of rotatable bonds is 2. The molecule has 0 unspecified atom stereocenters. The summed E-state index contributed by atoms with van der Waals surface area (Å²) >= 11 is 0. The van der Waals surface area contributed by atoms with Gasteiger partial charge < -0.3 is 4.90 Å². The molecule has 0 aliphatic carbocycles. The molecule has 19 heavy (non-hydrogen) atoms. The van der Waals surface area contributed by atoms with Crippen LogP contribution < -0.4 is 5.01 Å². The quantitative estimate of drug-likeness (QED) is 0.761. The third kappa shape index (κ3) is 2.26. The lowest BCUT2D eigenvalue weighted by Gasteiger charge is -2.14. The van der Waals surface area contributed by atoms with Gasteiger partial charge in [0.25, 0.3) is 5.91 Å². The predicted molar refractivity (Wildman–Crippen MR) is 75.9 cm³/mol. The van der Waals surface area contributed by atoms with Crippen LogP contribution in [0.3, 0.4) is 0 Å². The molecular formula is C15H17N3O. The second-order valence-electron chi connectivity index (χ2n) is 4.92. The first-order valence-corrected chi connectivity index (χ1v) is 6.66. The van der Waals surface area contributed by atoms with Crippen molar-refractivity contribution in [3.8, 4) is 0 Å². The lowest BCUT2D eigenvalue weighted by Crippen LogP contribution is -2.23. The summed E-state index contributed by atoms with van der Waals surface area (Å²) in [5.74, 6) is -0.0319. The van der Waals surface area contributed by atoms with E-state index in [0.29, 0.717) is 5.57 Å². The van der Waals surface area contributed by atoms with Gasteiger partial charge in [0.2, 0.25) is 0 Å². The van der Waals surface area contributed by atoms with E-state index >= 15 is 0 Å². The molecule has 2 aliphatic rings. The Bertz CT molecular complexity index is 542. The number of benzene rings is 1. The highest BCUT2D eigenvalue weighted by atomic mass is 16.2. The van der Waals surface area contributed by atoms with Crippen LogP contribution in [0.4, 0.5) is 5.69 Å². The predicted octanol–water partition coefficient (Wildman–Crippen LogP) is 2.39. The van der Waals surface area contributed by atoms with Gasteiger partial charge in [-0.3, -0.25) is 4.79 Å². The molecule has 0 spiro atoms. The molecule has 0 aromatic heterocycles. The fourth-order valence-electron chi connectivity index (χ4n) is 2.46. The van der Waals surface area contributed by atoms with Crippen LogP contribution in [0, 0.1) is 0 Å². The highest BCUT2D eigenvalue weighted by Crippen LogP contribution is 2.24. The van der Waals surface area contributed by atoms with Crippen molar-refractivity contribution >= 4 is 17.3 Å². The van der Waals surface area contributed by atoms with E-state index in [2.05, 4.69) is 10.0 Å². The second-order valence-corrected chi connectivity index (χ2v) is 4.92. The van der Waals surface area contributed by atoms with Crippen molar-refractivity contribution in [1.29, 1.82) is 0 Å². The van der Waals surface area contributed by atoms with E-state index in [1.807, 2.05) is 43.5 Å². The topological polar surface area (TPSA) is 35.9 Å². The summed E-state index contributed by atoms with van der Waals surface area (Å²) < 4.78 is 0.